The van der Waals surface area contributed by atoms with Crippen LogP contribution >= 0.6 is 46.4 Å². The first-order valence-corrected chi connectivity index (χ1v) is 12.4. The lowest BCUT2D eigenvalue weighted by Gasteiger charge is -2.19. The Morgan fingerprint density at radius 3 is 2.43 bits per heavy atom. The molecular formula is C25H23Cl4N3O3. The van der Waals surface area contributed by atoms with E-state index in [1.807, 2.05) is 30.3 Å². The molecule has 0 bridgehead atoms. The molecule has 0 aromatic heterocycles. The van der Waals surface area contributed by atoms with Crippen molar-refractivity contribution in [2.45, 2.75) is 18.9 Å². The molecule has 10 heteroatoms. The van der Waals surface area contributed by atoms with Crippen molar-refractivity contribution in [2.75, 3.05) is 25.2 Å². The van der Waals surface area contributed by atoms with Crippen LogP contribution in [0.5, 0.6) is 11.5 Å². The summed E-state index contributed by atoms with van der Waals surface area (Å²) >= 11 is 24.4. The summed E-state index contributed by atoms with van der Waals surface area (Å²) in [6.45, 7) is 2.03. The highest BCUT2D eigenvalue weighted by Crippen LogP contribution is 2.32. The van der Waals surface area contributed by atoms with E-state index < -0.39 is 0 Å². The van der Waals surface area contributed by atoms with E-state index in [9.17, 15) is 4.79 Å². The molecule has 35 heavy (non-hydrogen) atoms. The normalized spacial score (nSPS) is 12.9. The maximum absolute atomic E-state index is 12.5. The second kappa shape index (κ2) is 12.1. The Labute approximate surface area is 223 Å². The van der Waals surface area contributed by atoms with Gasteiger partial charge in [-0.05, 0) is 66.6 Å². The average Bonchev–Trinajstić information content (AvgIpc) is 3.28. The van der Waals surface area contributed by atoms with E-state index in [4.69, 9.17) is 55.9 Å². The molecule has 1 aliphatic heterocycles. The Bertz CT molecular complexity index is 1190. The summed E-state index contributed by atoms with van der Waals surface area (Å²) in [5.41, 5.74) is 2.59. The average molecular weight is 555 g/mol. The third kappa shape index (κ3) is 7.32. The van der Waals surface area contributed by atoms with Gasteiger partial charge in [-0.25, -0.2) is 4.79 Å². The number of ether oxygens (including phenoxy) is 2. The van der Waals surface area contributed by atoms with Crippen LogP contribution in [0, 0.1) is 0 Å². The molecule has 6 nitrogen and oxygen atoms in total. The number of hydrogen-bond acceptors (Lipinski definition) is 4. The minimum atomic E-state index is -0.360. The third-order valence-electron chi connectivity index (χ3n) is 5.48. The minimum absolute atomic E-state index is 0.00252. The quantitative estimate of drug-likeness (QED) is 0.246. The summed E-state index contributed by atoms with van der Waals surface area (Å²) in [6.07, 6.45) is 0.756. The molecule has 1 unspecified atom stereocenters. The van der Waals surface area contributed by atoms with Gasteiger partial charge in [-0.15, -0.1) is 0 Å². The second-order valence-electron chi connectivity index (χ2n) is 8.02. The number of nitrogens with one attached hydrogen (secondary N) is 3. The molecule has 0 saturated carbocycles. The van der Waals surface area contributed by atoms with E-state index in [0.29, 0.717) is 45.4 Å². The Hall–Kier alpha value is -2.35. The van der Waals surface area contributed by atoms with Crippen LogP contribution in [0.2, 0.25) is 20.1 Å². The van der Waals surface area contributed by atoms with E-state index in [1.54, 1.807) is 24.3 Å². The number of hydrogen-bond donors (Lipinski definition) is 3. The number of benzene rings is 3. The summed E-state index contributed by atoms with van der Waals surface area (Å²) in [7, 11) is 0. The monoisotopic (exact) mass is 553 g/mol. The Morgan fingerprint density at radius 2 is 1.66 bits per heavy atom. The van der Waals surface area contributed by atoms with Gasteiger partial charge in [0.2, 0.25) is 6.79 Å². The number of carbonyl (C=O) groups is 1. The van der Waals surface area contributed by atoms with Gasteiger partial charge < -0.3 is 25.4 Å². The summed E-state index contributed by atoms with van der Waals surface area (Å²) in [5, 5.41) is 11.0. The summed E-state index contributed by atoms with van der Waals surface area (Å²) in [4.78, 5) is 12.5. The Morgan fingerprint density at radius 1 is 0.886 bits per heavy atom. The lowest BCUT2D eigenvalue weighted by atomic mass is 9.95. The molecule has 2 amide bonds. The van der Waals surface area contributed by atoms with Gasteiger partial charge in [0.1, 0.15) is 0 Å². The number of fused-ring (bicyclic) bond motifs is 1. The molecular weight excluding hydrogens is 532 g/mol. The number of urea groups is 1. The van der Waals surface area contributed by atoms with Crippen molar-refractivity contribution in [1.82, 2.24) is 10.6 Å². The number of halogens is 4. The van der Waals surface area contributed by atoms with E-state index in [-0.39, 0.29) is 18.7 Å². The zero-order valence-corrected chi connectivity index (χ0v) is 21.6. The van der Waals surface area contributed by atoms with Gasteiger partial charge >= 0.3 is 6.03 Å². The highest BCUT2D eigenvalue weighted by molar-refractivity contribution is 6.42. The largest absolute Gasteiger partial charge is 0.454 e. The molecule has 3 aromatic rings. The van der Waals surface area contributed by atoms with Gasteiger partial charge in [-0.2, -0.15) is 0 Å². The van der Waals surface area contributed by atoms with Crippen LogP contribution in [0.1, 0.15) is 23.5 Å². The van der Waals surface area contributed by atoms with Gasteiger partial charge in [0.15, 0.2) is 11.5 Å². The van der Waals surface area contributed by atoms with Gasteiger partial charge in [0, 0.05) is 34.7 Å². The number of rotatable bonds is 9. The summed E-state index contributed by atoms with van der Waals surface area (Å²) < 4.78 is 10.8. The van der Waals surface area contributed by atoms with E-state index in [2.05, 4.69) is 16.0 Å². The van der Waals surface area contributed by atoms with Crippen LogP contribution in [0.25, 0.3) is 0 Å². The fourth-order valence-electron chi connectivity index (χ4n) is 3.73. The van der Waals surface area contributed by atoms with Crippen LogP contribution < -0.4 is 25.4 Å². The number of carbonyl (C=O) groups excluding carboxylic acids is 1. The zero-order valence-electron chi connectivity index (χ0n) is 18.5. The first-order valence-electron chi connectivity index (χ1n) is 10.9. The standard InChI is InChI=1S/C25H23Cl4N3O3/c26-18-9-19(27)11-20(10-18)32-25(33)31-13-17(16-2-3-21(28)22(29)8-16)5-6-30-12-15-1-4-23-24(7-15)35-14-34-23/h1-4,7-11,17,30H,5-6,12-14H2,(H2,31,32,33). The van der Waals surface area contributed by atoms with Crippen molar-refractivity contribution >= 4 is 58.1 Å². The molecule has 3 N–H and O–H groups in total. The lowest BCUT2D eigenvalue weighted by Crippen LogP contribution is -2.33. The van der Waals surface area contributed by atoms with Gasteiger partial charge in [0.05, 0.1) is 10.0 Å². The minimum Gasteiger partial charge on any atom is -0.454 e. The number of anilines is 1. The lowest BCUT2D eigenvalue weighted by molar-refractivity contribution is 0.174. The predicted molar refractivity (Wildman–Crippen MR) is 142 cm³/mol. The van der Waals surface area contributed by atoms with Crippen LogP contribution in [0.4, 0.5) is 10.5 Å². The molecule has 4 rings (SSSR count). The van der Waals surface area contributed by atoms with Crippen molar-refractivity contribution < 1.29 is 14.3 Å². The van der Waals surface area contributed by atoms with E-state index >= 15 is 0 Å². The Balaban J connectivity index is 1.34. The fourth-order valence-corrected chi connectivity index (χ4v) is 4.56. The van der Waals surface area contributed by atoms with Gasteiger partial charge in [0.25, 0.3) is 0 Å². The molecule has 1 aliphatic rings. The maximum Gasteiger partial charge on any atom is 0.319 e. The first kappa shape index (κ1) is 25.7. The van der Waals surface area contributed by atoms with Crippen LogP contribution in [0.3, 0.4) is 0 Å². The summed E-state index contributed by atoms with van der Waals surface area (Å²) in [6, 6.07) is 15.9. The molecule has 3 aromatic carbocycles. The molecule has 1 heterocycles. The van der Waals surface area contributed by atoms with Crippen LogP contribution in [0.15, 0.2) is 54.6 Å². The topological polar surface area (TPSA) is 71.6 Å². The third-order valence-corrected chi connectivity index (χ3v) is 6.66. The van der Waals surface area contributed by atoms with Crippen molar-refractivity contribution in [3.63, 3.8) is 0 Å². The maximum atomic E-state index is 12.5. The fraction of sp³-hybridized carbons (Fsp3) is 0.240. The van der Waals surface area contributed by atoms with Crippen LogP contribution in [-0.4, -0.2) is 25.9 Å². The molecule has 0 saturated heterocycles. The van der Waals surface area contributed by atoms with Crippen molar-refractivity contribution in [2.24, 2.45) is 0 Å². The zero-order chi connectivity index (χ0) is 24.8. The van der Waals surface area contributed by atoms with E-state index in [1.165, 1.54) is 0 Å². The number of amides is 2. The van der Waals surface area contributed by atoms with Crippen molar-refractivity contribution in [1.29, 1.82) is 0 Å². The molecule has 184 valence electrons. The molecule has 1 atom stereocenters. The molecule has 0 aliphatic carbocycles. The summed E-state index contributed by atoms with van der Waals surface area (Å²) in [5.74, 6) is 1.52. The van der Waals surface area contributed by atoms with Gasteiger partial charge in [-0.1, -0.05) is 58.5 Å². The van der Waals surface area contributed by atoms with Crippen molar-refractivity contribution in [3.8, 4) is 11.5 Å². The highest BCUT2D eigenvalue weighted by Gasteiger charge is 2.16. The van der Waals surface area contributed by atoms with Crippen LogP contribution in [-0.2, 0) is 6.54 Å². The van der Waals surface area contributed by atoms with E-state index in [0.717, 1.165) is 29.0 Å². The molecule has 0 radical (unpaired) electrons. The first-order chi connectivity index (χ1) is 16.9. The SMILES string of the molecule is O=C(NCC(CCNCc1ccc2c(c1)OCO2)c1ccc(Cl)c(Cl)c1)Nc1cc(Cl)cc(Cl)c1. The predicted octanol–water partition coefficient (Wildman–Crippen LogP) is 7.11. The highest BCUT2D eigenvalue weighted by atomic mass is 35.5. The molecule has 0 spiro atoms. The van der Waals surface area contributed by atoms with Crippen molar-refractivity contribution in [3.05, 3.63) is 85.8 Å². The Kier molecular flexibility index (Phi) is 8.87. The molecule has 0 fully saturated rings. The van der Waals surface area contributed by atoms with Gasteiger partial charge in [-0.3, -0.25) is 0 Å². The smallest absolute Gasteiger partial charge is 0.319 e. The second-order valence-corrected chi connectivity index (χ2v) is 9.70.